The zero-order chi connectivity index (χ0) is 24.3. The first kappa shape index (κ1) is 24.2. The van der Waals surface area contributed by atoms with E-state index in [2.05, 4.69) is 15.3 Å². The number of carbonyl (C=O) groups is 2. The Labute approximate surface area is 191 Å². The van der Waals surface area contributed by atoms with E-state index < -0.39 is 35.4 Å². The fraction of sp³-hybridized carbons (Fsp3) is 0.238. The lowest BCUT2D eigenvalue weighted by Crippen LogP contribution is -2.41. The van der Waals surface area contributed by atoms with Gasteiger partial charge in [-0.15, -0.1) is 0 Å². The molecule has 1 amide bonds. The second-order valence-corrected chi connectivity index (χ2v) is 7.58. The van der Waals surface area contributed by atoms with Crippen LogP contribution in [-0.2, 0) is 14.3 Å². The van der Waals surface area contributed by atoms with Crippen molar-refractivity contribution in [1.29, 1.82) is 0 Å². The van der Waals surface area contributed by atoms with E-state index in [-0.39, 0.29) is 46.5 Å². The van der Waals surface area contributed by atoms with Gasteiger partial charge in [-0.05, 0) is 19.2 Å². The molecule has 3 rings (SSSR count). The molecular formula is C21H19ClF3N5O3. The highest BCUT2D eigenvalue weighted by Gasteiger charge is 2.34. The summed E-state index contributed by atoms with van der Waals surface area (Å²) in [4.78, 5) is 33.7. The van der Waals surface area contributed by atoms with Gasteiger partial charge < -0.3 is 15.8 Å². The van der Waals surface area contributed by atoms with Crippen LogP contribution < -0.4 is 11.1 Å². The molecule has 0 unspecified atom stereocenters. The molecule has 0 spiro atoms. The smallest absolute Gasteiger partial charge is 0.338 e. The van der Waals surface area contributed by atoms with Gasteiger partial charge in [0.1, 0.15) is 23.4 Å². The fourth-order valence-corrected chi connectivity index (χ4v) is 3.59. The Morgan fingerprint density at radius 1 is 1.24 bits per heavy atom. The molecule has 1 aliphatic rings. The van der Waals surface area contributed by atoms with Gasteiger partial charge in [0.15, 0.2) is 11.7 Å². The predicted octanol–water partition coefficient (Wildman–Crippen LogP) is 2.09. The van der Waals surface area contributed by atoms with E-state index in [0.717, 1.165) is 25.4 Å². The van der Waals surface area contributed by atoms with E-state index in [1.807, 2.05) is 0 Å². The van der Waals surface area contributed by atoms with Crippen molar-refractivity contribution in [2.24, 2.45) is 10.7 Å². The van der Waals surface area contributed by atoms with Crippen LogP contribution in [-0.4, -0.2) is 54.8 Å². The van der Waals surface area contributed by atoms with Crippen LogP contribution in [0.15, 0.2) is 46.7 Å². The molecule has 1 atom stereocenters. The van der Waals surface area contributed by atoms with Crippen LogP contribution in [0.5, 0.6) is 0 Å². The van der Waals surface area contributed by atoms with Crippen LogP contribution in [0.1, 0.15) is 17.3 Å². The van der Waals surface area contributed by atoms with Gasteiger partial charge in [-0.1, -0.05) is 17.7 Å². The van der Waals surface area contributed by atoms with Gasteiger partial charge in [-0.25, -0.2) is 22.9 Å². The van der Waals surface area contributed by atoms with Crippen molar-refractivity contribution in [3.05, 3.63) is 75.5 Å². The van der Waals surface area contributed by atoms with Crippen LogP contribution in [0.2, 0.25) is 5.02 Å². The van der Waals surface area contributed by atoms with Gasteiger partial charge in [-0.3, -0.25) is 14.7 Å². The SMILES string of the molecule is COC(=O)C1=C(CN(C)CC(N)=O)NC(c2ncc(F)cc2F)=N[C@H]1c1ccc(F)cc1Cl. The molecule has 0 saturated heterocycles. The maximum atomic E-state index is 14.5. The van der Waals surface area contributed by atoms with Crippen molar-refractivity contribution in [2.45, 2.75) is 6.04 Å². The number of rotatable bonds is 7. The Morgan fingerprint density at radius 2 is 1.97 bits per heavy atom. The quantitative estimate of drug-likeness (QED) is 0.586. The summed E-state index contributed by atoms with van der Waals surface area (Å²) in [5, 5.41) is 2.78. The molecule has 0 fully saturated rings. The Kier molecular flexibility index (Phi) is 7.34. The third-order valence-corrected chi connectivity index (χ3v) is 5.00. The van der Waals surface area contributed by atoms with Gasteiger partial charge in [0.05, 0.1) is 25.4 Å². The summed E-state index contributed by atoms with van der Waals surface area (Å²) in [5.41, 5.74) is 5.33. The number of nitrogens with zero attached hydrogens (tertiary/aromatic N) is 3. The first-order valence-electron chi connectivity index (χ1n) is 9.50. The maximum Gasteiger partial charge on any atom is 0.338 e. The van der Waals surface area contributed by atoms with Gasteiger partial charge in [-0.2, -0.15) is 0 Å². The number of pyridine rings is 1. The minimum atomic E-state index is -1.15. The van der Waals surface area contributed by atoms with E-state index in [4.69, 9.17) is 22.1 Å². The molecule has 1 aromatic carbocycles. The van der Waals surface area contributed by atoms with E-state index in [1.54, 1.807) is 7.05 Å². The molecule has 12 heteroatoms. The zero-order valence-electron chi connectivity index (χ0n) is 17.5. The molecule has 1 aromatic heterocycles. The number of halogens is 4. The van der Waals surface area contributed by atoms with Crippen molar-refractivity contribution >= 4 is 29.3 Å². The molecule has 174 valence electrons. The lowest BCUT2D eigenvalue weighted by Gasteiger charge is -2.29. The average molecular weight is 482 g/mol. The molecule has 0 bridgehead atoms. The van der Waals surface area contributed by atoms with Crippen LogP contribution in [0, 0.1) is 17.5 Å². The van der Waals surface area contributed by atoms with E-state index >= 15 is 0 Å². The number of nitrogens with two attached hydrogens (primary N) is 1. The number of methoxy groups -OCH3 is 1. The number of amidine groups is 1. The Morgan fingerprint density at radius 3 is 2.58 bits per heavy atom. The number of esters is 1. The summed E-state index contributed by atoms with van der Waals surface area (Å²) in [6.07, 6.45) is 0.806. The third kappa shape index (κ3) is 5.49. The van der Waals surface area contributed by atoms with Crippen LogP contribution in [0.25, 0.3) is 0 Å². The molecule has 0 radical (unpaired) electrons. The second-order valence-electron chi connectivity index (χ2n) is 7.18. The fourth-order valence-electron chi connectivity index (χ4n) is 3.32. The Bertz CT molecular complexity index is 1170. The third-order valence-electron chi connectivity index (χ3n) is 4.67. The number of primary amides is 1. The minimum Gasteiger partial charge on any atom is -0.466 e. The van der Waals surface area contributed by atoms with Crippen LogP contribution in [0.3, 0.4) is 0 Å². The summed E-state index contributed by atoms with van der Waals surface area (Å²) in [5.74, 6) is -4.04. The van der Waals surface area contributed by atoms with Gasteiger partial charge >= 0.3 is 5.97 Å². The highest BCUT2D eigenvalue weighted by molar-refractivity contribution is 6.31. The average Bonchev–Trinajstić information content (AvgIpc) is 2.72. The number of benzene rings is 1. The molecule has 2 heterocycles. The number of aromatic nitrogens is 1. The first-order chi connectivity index (χ1) is 15.6. The molecule has 2 aromatic rings. The molecule has 0 saturated carbocycles. The molecular weight excluding hydrogens is 463 g/mol. The molecule has 3 N–H and O–H groups in total. The number of carbonyl (C=O) groups excluding carboxylic acids is 2. The zero-order valence-corrected chi connectivity index (χ0v) is 18.3. The molecule has 1 aliphatic heterocycles. The number of hydrogen-bond donors (Lipinski definition) is 2. The van der Waals surface area contributed by atoms with E-state index in [9.17, 15) is 22.8 Å². The van der Waals surface area contributed by atoms with Crippen molar-refractivity contribution in [1.82, 2.24) is 15.2 Å². The monoisotopic (exact) mass is 481 g/mol. The van der Waals surface area contributed by atoms with Crippen molar-refractivity contribution in [3.8, 4) is 0 Å². The number of amides is 1. The van der Waals surface area contributed by atoms with E-state index in [0.29, 0.717) is 6.07 Å². The van der Waals surface area contributed by atoms with Crippen LogP contribution in [0.4, 0.5) is 13.2 Å². The standard InChI is InChI=1S/C21H19ClF3N5O3/c1-30(9-16(26)31)8-15-17(21(32)33-2)18(12-4-3-10(23)5-13(12)22)29-20(28-15)19-14(25)6-11(24)7-27-19/h3-7,18H,8-9H2,1-2H3,(H2,26,31)(H,28,29)/t18-/m0/s1. The second kappa shape index (κ2) is 10.0. The summed E-state index contributed by atoms with van der Waals surface area (Å²) in [6.45, 7) is -0.193. The van der Waals surface area contributed by atoms with Gasteiger partial charge in [0.2, 0.25) is 5.91 Å². The predicted molar refractivity (Wildman–Crippen MR) is 114 cm³/mol. The Balaban J connectivity index is 2.20. The topological polar surface area (TPSA) is 110 Å². The van der Waals surface area contributed by atoms with Gasteiger partial charge in [0.25, 0.3) is 0 Å². The maximum absolute atomic E-state index is 14.5. The van der Waals surface area contributed by atoms with E-state index in [1.165, 1.54) is 11.0 Å². The Hall–Kier alpha value is -3.44. The normalized spacial score (nSPS) is 15.8. The highest BCUT2D eigenvalue weighted by Crippen LogP contribution is 2.36. The van der Waals surface area contributed by atoms with Crippen molar-refractivity contribution in [2.75, 3.05) is 27.2 Å². The summed E-state index contributed by atoms with van der Waals surface area (Å²) < 4.78 is 46.5. The van der Waals surface area contributed by atoms with Gasteiger partial charge in [0, 0.05) is 28.9 Å². The number of aliphatic imine (C=N–C) groups is 1. The lowest BCUT2D eigenvalue weighted by molar-refractivity contribution is -0.136. The number of hydrogen-bond acceptors (Lipinski definition) is 7. The molecule has 33 heavy (non-hydrogen) atoms. The molecule has 0 aliphatic carbocycles. The highest BCUT2D eigenvalue weighted by atomic mass is 35.5. The summed E-state index contributed by atoms with van der Waals surface area (Å²) >= 11 is 6.23. The van der Waals surface area contributed by atoms with Crippen LogP contribution >= 0.6 is 11.6 Å². The number of likely N-dealkylation sites (N-methyl/N-ethyl adjacent to an activating group) is 1. The first-order valence-corrected chi connectivity index (χ1v) is 9.87. The van der Waals surface area contributed by atoms with Crippen molar-refractivity contribution in [3.63, 3.8) is 0 Å². The summed E-state index contributed by atoms with van der Waals surface area (Å²) in [7, 11) is 2.72. The number of nitrogens with one attached hydrogen (secondary N) is 1. The lowest BCUT2D eigenvalue weighted by atomic mass is 9.95. The molecule has 8 nitrogen and oxygen atoms in total. The minimum absolute atomic E-state index is 0.00593. The van der Waals surface area contributed by atoms with Crippen molar-refractivity contribution < 1.29 is 27.5 Å². The summed E-state index contributed by atoms with van der Waals surface area (Å²) in [6, 6.07) is 2.98. The largest absolute Gasteiger partial charge is 0.466 e. The number of ether oxygens (including phenoxy) is 1.